The number of methoxy groups -OCH3 is 1. The van der Waals surface area contributed by atoms with E-state index in [9.17, 15) is 9.59 Å². The number of carbonyl (C=O) groups is 2. The minimum absolute atomic E-state index is 0.153. The van der Waals surface area contributed by atoms with E-state index in [0.29, 0.717) is 13.0 Å². The molecule has 0 aromatic rings. The maximum Gasteiger partial charge on any atom is 0.330 e. The van der Waals surface area contributed by atoms with Crippen LogP contribution >= 0.6 is 0 Å². The molecule has 0 radical (unpaired) electrons. The zero-order valence-electron chi connectivity index (χ0n) is 9.87. The van der Waals surface area contributed by atoms with Crippen molar-refractivity contribution in [2.45, 2.75) is 38.5 Å². The highest BCUT2D eigenvalue weighted by Gasteiger charge is 1.99. The summed E-state index contributed by atoms with van der Waals surface area (Å²) in [6, 6.07) is 0. The molecule has 0 aliphatic rings. The van der Waals surface area contributed by atoms with Crippen LogP contribution in [0.4, 0.5) is 0 Å². The standard InChI is InChI=1S/C12H20O4/c1-3-11(13)16-10-8-6-4-5-7-9-12(14)15-2/h3H,1,4-10H2,2H3. The van der Waals surface area contributed by atoms with Crippen LogP contribution in [0.1, 0.15) is 38.5 Å². The van der Waals surface area contributed by atoms with E-state index in [2.05, 4.69) is 11.3 Å². The van der Waals surface area contributed by atoms with Crippen LogP contribution in [0, 0.1) is 0 Å². The lowest BCUT2D eigenvalue weighted by Crippen LogP contribution is -2.01. The van der Waals surface area contributed by atoms with Gasteiger partial charge >= 0.3 is 11.9 Å². The van der Waals surface area contributed by atoms with Crippen LogP contribution in [0.15, 0.2) is 12.7 Å². The first-order chi connectivity index (χ1) is 7.70. The molecule has 0 bridgehead atoms. The first-order valence-corrected chi connectivity index (χ1v) is 5.56. The van der Waals surface area contributed by atoms with Crippen molar-refractivity contribution >= 4 is 11.9 Å². The highest BCUT2D eigenvalue weighted by molar-refractivity contribution is 5.81. The topological polar surface area (TPSA) is 52.6 Å². The predicted molar refractivity (Wildman–Crippen MR) is 60.9 cm³/mol. The van der Waals surface area contributed by atoms with Crippen LogP contribution in [-0.4, -0.2) is 25.7 Å². The second-order valence-corrected chi connectivity index (χ2v) is 3.47. The van der Waals surface area contributed by atoms with Gasteiger partial charge in [-0.2, -0.15) is 0 Å². The molecule has 4 heteroatoms. The molecule has 0 N–H and O–H groups in total. The second kappa shape index (κ2) is 10.2. The van der Waals surface area contributed by atoms with Crippen LogP contribution in [0.25, 0.3) is 0 Å². The Morgan fingerprint density at radius 2 is 1.75 bits per heavy atom. The minimum atomic E-state index is -0.370. The molecule has 92 valence electrons. The Balaban J connectivity index is 3.13. The quantitative estimate of drug-likeness (QED) is 0.345. The van der Waals surface area contributed by atoms with Crippen molar-refractivity contribution in [3.63, 3.8) is 0 Å². The van der Waals surface area contributed by atoms with Gasteiger partial charge in [0.25, 0.3) is 0 Å². The van der Waals surface area contributed by atoms with Crippen LogP contribution in [-0.2, 0) is 19.1 Å². The van der Waals surface area contributed by atoms with Crippen LogP contribution < -0.4 is 0 Å². The van der Waals surface area contributed by atoms with E-state index in [0.717, 1.165) is 38.2 Å². The van der Waals surface area contributed by atoms with E-state index in [4.69, 9.17) is 4.74 Å². The summed E-state index contributed by atoms with van der Waals surface area (Å²) in [4.78, 5) is 21.4. The zero-order valence-corrected chi connectivity index (χ0v) is 9.87. The van der Waals surface area contributed by atoms with Gasteiger partial charge in [0.1, 0.15) is 0 Å². The lowest BCUT2D eigenvalue weighted by molar-refractivity contribution is -0.141. The normalized spacial score (nSPS) is 9.56. The van der Waals surface area contributed by atoms with E-state index in [1.54, 1.807) is 0 Å². The van der Waals surface area contributed by atoms with Gasteiger partial charge in [-0.05, 0) is 12.8 Å². The fourth-order valence-electron chi connectivity index (χ4n) is 1.24. The molecule has 0 saturated heterocycles. The molecule has 0 aliphatic heterocycles. The highest BCUT2D eigenvalue weighted by Crippen LogP contribution is 2.06. The molecule has 0 amide bonds. The molecule has 0 heterocycles. The molecular weight excluding hydrogens is 208 g/mol. The van der Waals surface area contributed by atoms with E-state index in [1.807, 2.05) is 0 Å². The molecule has 0 aromatic carbocycles. The van der Waals surface area contributed by atoms with Crippen molar-refractivity contribution in [3.8, 4) is 0 Å². The summed E-state index contributed by atoms with van der Waals surface area (Å²) in [6.45, 7) is 3.75. The van der Waals surface area contributed by atoms with Gasteiger partial charge in [0, 0.05) is 12.5 Å². The van der Waals surface area contributed by atoms with E-state index in [1.165, 1.54) is 7.11 Å². The van der Waals surface area contributed by atoms with Gasteiger partial charge in [-0.25, -0.2) is 4.79 Å². The Labute approximate surface area is 96.6 Å². The van der Waals surface area contributed by atoms with Crippen LogP contribution in [0.2, 0.25) is 0 Å². The van der Waals surface area contributed by atoms with E-state index in [-0.39, 0.29) is 11.9 Å². The first-order valence-electron chi connectivity index (χ1n) is 5.56. The molecule has 0 rings (SSSR count). The number of hydrogen-bond acceptors (Lipinski definition) is 4. The molecule has 4 nitrogen and oxygen atoms in total. The number of rotatable bonds is 9. The minimum Gasteiger partial charge on any atom is -0.469 e. The third-order valence-corrected chi connectivity index (χ3v) is 2.16. The fourth-order valence-corrected chi connectivity index (χ4v) is 1.24. The number of carbonyl (C=O) groups excluding carboxylic acids is 2. The maximum absolute atomic E-state index is 10.8. The predicted octanol–water partition coefficient (Wildman–Crippen LogP) is 2.23. The Kier molecular flexibility index (Phi) is 9.36. The number of hydrogen-bond donors (Lipinski definition) is 0. The summed E-state index contributed by atoms with van der Waals surface area (Å²) in [5.74, 6) is -0.523. The largest absolute Gasteiger partial charge is 0.469 e. The molecule has 16 heavy (non-hydrogen) atoms. The Bertz CT molecular complexity index is 223. The third-order valence-electron chi connectivity index (χ3n) is 2.16. The molecule has 0 fully saturated rings. The summed E-state index contributed by atoms with van der Waals surface area (Å²) < 4.78 is 9.35. The van der Waals surface area contributed by atoms with Gasteiger partial charge < -0.3 is 9.47 Å². The van der Waals surface area contributed by atoms with Gasteiger partial charge in [0.05, 0.1) is 13.7 Å². The van der Waals surface area contributed by atoms with Crippen molar-refractivity contribution in [2.75, 3.05) is 13.7 Å². The van der Waals surface area contributed by atoms with E-state index >= 15 is 0 Å². The number of unbranched alkanes of at least 4 members (excludes halogenated alkanes) is 4. The third kappa shape index (κ3) is 9.24. The summed E-state index contributed by atoms with van der Waals surface area (Å²) in [7, 11) is 1.40. The van der Waals surface area contributed by atoms with Crippen molar-refractivity contribution in [1.82, 2.24) is 0 Å². The van der Waals surface area contributed by atoms with E-state index < -0.39 is 0 Å². The van der Waals surface area contributed by atoms with Gasteiger partial charge in [-0.1, -0.05) is 25.8 Å². The van der Waals surface area contributed by atoms with Crippen LogP contribution in [0.5, 0.6) is 0 Å². The van der Waals surface area contributed by atoms with Gasteiger partial charge in [-0.15, -0.1) is 0 Å². The van der Waals surface area contributed by atoms with Crippen molar-refractivity contribution in [2.24, 2.45) is 0 Å². The van der Waals surface area contributed by atoms with Gasteiger partial charge in [0.15, 0.2) is 0 Å². The average molecular weight is 228 g/mol. The van der Waals surface area contributed by atoms with Crippen molar-refractivity contribution in [3.05, 3.63) is 12.7 Å². The Hall–Kier alpha value is -1.32. The summed E-state index contributed by atoms with van der Waals surface area (Å²) >= 11 is 0. The van der Waals surface area contributed by atoms with Crippen molar-refractivity contribution in [1.29, 1.82) is 0 Å². The van der Waals surface area contributed by atoms with Crippen LogP contribution in [0.3, 0.4) is 0 Å². The molecule has 0 saturated carbocycles. The molecule has 0 spiro atoms. The first kappa shape index (κ1) is 14.7. The zero-order chi connectivity index (χ0) is 12.2. The Morgan fingerprint density at radius 1 is 1.12 bits per heavy atom. The lowest BCUT2D eigenvalue weighted by Gasteiger charge is -2.02. The summed E-state index contributed by atoms with van der Waals surface area (Å²) in [6.07, 6.45) is 6.42. The summed E-state index contributed by atoms with van der Waals surface area (Å²) in [5.41, 5.74) is 0. The SMILES string of the molecule is C=CC(=O)OCCCCCCCC(=O)OC. The smallest absolute Gasteiger partial charge is 0.330 e. The monoisotopic (exact) mass is 228 g/mol. The maximum atomic E-state index is 10.8. The lowest BCUT2D eigenvalue weighted by atomic mass is 10.1. The highest BCUT2D eigenvalue weighted by atomic mass is 16.5. The van der Waals surface area contributed by atoms with Crippen molar-refractivity contribution < 1.29 is 19.1 Å². The number of esters is 2. The fraction of sp³-hybridized carbons (Fsp3) is 0.667. The average Bonchev–Trinajstić information content (AvgIpc) is 2.31. The molecule has 0 aromatic heterocycles. The second-order valence-electron chi connectivity index (χ2n) is 3.47. The Morgan fingerprint density at radius 3 is 2.38 bits per heavy atom. The molecule has 0 unspecified atom stereocenters. The summed E-state index contributed by atoms with van der Waals surface area (Å²) in [5, 5.41) is 0. The number of ether oxygens (including phenoxy) is 2. The molecular formula is C12H20O4. The van der Waals surface area contributed by atoms with Gasteiger partial charge in [-0.3, -0.25) is 4.79 Å². The molecule has 0 atom stereocenters. The molecule has 0 aliphatic carbocycles. The van der Waals surface area contributed by atoms with Gasteiger partial charge in [0.2, 0.25) is 0 Å².